The molecule has 1 rings (SSSR count). The molecule has 94 valence electrons. The van der Waals surface area contributed by atoms with Gasteiger partial charge in [-0.3, -0.25) is 4.79 Å². The minimum absolute atomic E-state index is 0.228. The number of para-hydroxylation sites is 1. The van der Waals surface area contributed by atoms with Gasteiger partial charge in [-0.15, -0.1) is 0 Å². The Morgan fingerprint density at radius 3 is 2.24 bits per heavy atom. The van der Waals surface area contributed by atoms with Crippen LogP contribution in [0.2, 0.25) is 0 Å². The van der Waals surface area contributed by atoms with Crippen LogP contribution < -0.4 is 11.1 Å². The molecule has 3 N–H and O–H groups in total. The van der Waals surface area contributed by atoms with Crippen LogP contribution in [0.3, 0.4) is 0 Å². The Balaban J connectivity index is 3.13. The lowest BCUT2D eigenvalue weighted by molar-refractivity contribution is -0.180. The highest BCUT2D eigenvalue weighted by Gasteiger charge is 2.56. The van der Waals surface area contributed by atoms with E-state index in [2.05, 4.69) is 5.32 Å². The van der Waals surface area contributed by atoms with E-state index in [0.717, 1.165) is 6.92 Å². The Kier molecular flexibility index (Phi) is 3.35. The van der Waals surface area contributed by atoms with Gasteiger partial charge < -0.3 is 11.1 Å². The third-order valence-electron chi connectivity index (χ3n) is 2.59. The van der Waals surface area contributed by atoms with E-state index in [-0.39, 0.29) is 5.69 Å². The maximum Gasteiger partial charge on any atom is 0.420 e. The van der Waals surface area contributed by atoms with Gasteiger partial charge in [0.1, 0.15) is 0 Å². The van der Waals surface area contributed by atoms with E-state index in [1.54, 1.807) is 25.1 Å². The second-order valence-corrected chi connectivity index (χ2v) is 3.93. The summed E-state index contributed by atoms with van der Waals surface area (Å²) in [7, 11) is 0. The number of alkyl halides is 3. The first-order chi connectivity index (χ1) is 7.68. The first kappa shape index (κ1) is 13.3. The average molecular weight is 246 g/mol. The average Bonchev–Trinajstić information content (AvgIpc) is 2.19. The van der Waals surface area contributed by atoms with Crippen LogP contribution in [-0.4, -0.2) is 17.6 Å². The summed E-state index contributed by atoms with van der Waals surface area (Å²) in [4.78, 5) is 11.0. The van der Waals surface area contributed by atoms with Crippen molar-refractivity contribution in [2.24, 2.45) is 5.73 Å². The van der Waals surface area contributed by atoms with Crippen LogP contribution in [0.1, 0.15) is 12.5 Å². The number of carbonyl (C=O) groups excluding carboxylic acids is 1. The van der Waals surface area contributed by atoms with Crippen LogP contribution in [-0.2, 0) is 4.79 Å². The predicted molar refractivity (Wildman–Crippen MR) is 58.5 cm³/mol. The number of rotatable bonds is 3. The van der Waals surface area contributed by atoms with Crippen LogP contribution in [0, 0.1) is 6.92 Å². The van der Waals surface area contributed by atoms with Gasteiger partial charge in [-0.1, -0.05) is 18.2 Å². The van der Waals surface area contributed by atoms with Crippen LogP contribution in [0.25, 0.3) is 0 Å². The Bertz CT molecular complexity index is 431. The SMILES string of the molecule is Cc1ccccc1NC(C)(C(N)=O)C(F)(F)F. The molecule has 0 fully saturated rings. The molecule has 1 aromatic rings. The van der Waals surface area contributed by atoms with Crippen LogP contribution in [0.15, 0.2) is 24.3 Å². The molecule has 1 unspecified atom stereocenters. The van der Waals surface area contributed by atoms with Gasteiger partial charge in [0.05, 0.1) is 0 Å². The summed E-state index contributed by atoms with van der Waals surface area (Å²) in [6.07, 6.45) is -4.76. The zero-order valence-electron chi connectivity index (χ0n) is 9.43. The van der Waals surface area contributed by atoms with Gasteiger partial charge in [-0.25, -0.2) is 0 Å². The first-order valence-electron chi connectivity index (χ1n) is 4.89. The molecule has 3 nitrogen and oxygen atoms in total. The molecule has 0 radical (unpaired) electrons. The molecule has 0 aliphatic carbocycles. The van der Waals surface area contributed by atoms with E-state index in [1.807, 2.05) is 0 Å². The lowest BCUT2D eigenvalue weighted by Crippen LogP contribution is -2.58. The zero-order chi connectivity index (χ0) is 13.3. The van der Waals surface area contributed by atoms with Crippen molar-refractivity contribution >= 4 is 11.6 Å². The molecule has 6 heteroatoms. The van der Waals surface area contributed by atoms with E-state index in [0.29, 0.717) is 5.56 Å². The minimum atomic E-state index is -4.76. The molecule has 1 atom stereocenters. The highest BCUT2D eigenvalue weighted by molar-refractivity contribution is 5.88. The maximum absolute atomic E-state index is 12.8. The van der Waals surface area contributed by atoms with Gasteiger partial charge in [0, 0.05) is 5.69 Å². The molecule has 0 saturated heterocycles. The van der Waals surface area contributed by atoms with E-state index < -0.39 is 17.6 Å². The number of halogens is 3. The van der Waals surface area contributed by atoms with Gasteiger partial charge in [0.25, 0.3) is 5.91 Å². The number of nitrogens with two attached hydrogens (primary N) is 1. The number of anilines is 1. The molecule has 1 aromatic carbocycles. The van der Waals surface area contributed by atoms with Crippen LogP contribution in [0.4, 0.5) is 18.9 Å². The normalized spacial score (nSPS) is 15.1. The molecule has 0 aromatic heterocycles. The Labute approximate surface area is 96.8 Å². The molecule has 0 bridgehead atoms. The zero-order valence-corrected chi connectivity index (χ0v) is 9.43. The largest absolute Gasteiger partial charge is 0.420 e. The first-order valence-corrected chi connectivity index (χ1v) is 4.89. The van der Waals surface area contributed by atoms with Crippen molar-refractivity contribution in [2.75, 3.05) is 5.32 Å². The van der Waals surface area contributed by atoms with E-state index >= 15 is 0 Å². The summed E-state index contributed by atoms with van der Waals surface area (Å²) >= 11 is 0. The summed E-state index contributed by atoms with van der Waals surface area (Å²) in [6, 6.07) is 6.37. The van der Waals surface area contributed by atoms with Crippen molar-refractivity contribution in [1.29, 1.82) is 0 Å². The number of benzene rings is 1. The van der Waals surface area contributed by atoms with Crippen molar-refractivity contribution in [3.05, 3.63) is 29.8 Å². The molecular weight excluding hydrogens is 233 g/mol. The van der Waals surface area contributed by atoms with Crippen LogP contribution >= 0.6 is 0 Å². The monoisotopic (exact) mass is 246 g/mol. The molecule has 0 aliphatic rings. The standard InChI is InChI=1S/C11H13F3N2O/c1-7-5-3-4-6-8(7)16-10(2,9(15)17)11(12,13)14/h3-6,16H,1-2H3,(H2,15,17). The predicted octanol–water partition coefficient (Wildman–Crippen LogP) is 2.21. The smallest absolute Gasteiger partial charge is 0.367 e. The van der Waals surface area contributed by atoms with Gasteiger partial charge in [-0.05, 0) is 25.5 Å². The van der Waals surface area contributed by atoms with Gasteiger partial charge in [0.15, 0.2) is 0 Å². The summed E-state index contributed by atoms with van der Waals surface area (Å²) in [5.41, 5.74) is 2.88. The number of hydrogen-bond acceptors (Lipinski definition) is 2. The topological polar surface area (TPSA) is 55.1 Å². The highest BCUT2D eigenvalue weighted by atomic mass is 19.4. The van der Waals surface area contributed by atoms with Crippen molar-refractivity contribution in [3.63, 3.8) is 0 Å². The summed E-state index contributed by atoms with van der Waals surface area (Å²) in [5, 5.41) is 2.16. The summed E-state index contributed by atoms with van der Waals surface area (Å²) in [5.74, 6) is -1.46. The van der Waals surface area contributed by atoms with Crippen molar-refractivity contribution in [3.8, 4) is 0 Å². The minimum Gasteiger partial charge on any atom is -0.367 e. The number of amides is 1. The number of hydrogen-bond donors (Lipinski definition) is 2. The van der Waals surface area contributed by atoms with E-state index in [9.17, 15) is 18.0 Å². The fourth-order valence-corrected chi connectivity index (χ4v) is 1.25. The molecule has 1 amide bonds. The molecule has 0 spiro atoms. The third kappa shape index (κ3) is 2.51. The molecular formula is C11H13F3N2O. The highest BCUT2D eigenvalue weighted by Crippen LogP contribution is 2.33. The third-order valence-corrected chi connectivity index (χ3v) is 2.59. The second-order valence-electron chi connectivity index (χ2n) is 3.93. The Morgan fingerprint density at radius 1 is 1.29 bits per heavy atom. The number of carbonyl (C=O) groups is 1. The lowest BCUT2D eigenvalue weighted by atomic mass is 9.99. The quantitative estimate of drug-likeness (QED) is 0.859. The fourth-order valence-electron chi connectivity index (χ4n) is 1.25. The number of primary amides is 1. The van der Waals surface area contributed by atoms with Crippen molar-refractivity contribution in [2.45, 2.75) is 25.6 Å². The van der Waals surface area contributed by atoms with Gasteiger partial charge in [0.2, 0.25) is 5.54 Å². The van der Waals surface area contributed by atoms with Gasteiger partial charge in [-0.2, -0.15) is 13.2 Å². The molecule has 0 heterocycles. The number of aryl methyl sites for hydroxylation is 1. The second kappa shape index (κ2) is 4.27. The number of nitrogens with one attached hydrogen (secondary N) is 1. The summed E-state index contributed by atoms with van der Waals surface area (Å²) < 4.78 is 38.4. The molecule has 0 saturated carbocycles. The van der Waals surface area contributed by atoms with E-state index in [4.69, 9.17) is 5.73 Å². The van der Waals surface area contributed by atoms with Crippen molar-refractivity contribution in [1.82, 2.24) is 0 Å². The van der Waals surface area contributed by atoms with Gasteiger partial charge >= 0.3 is 6.18 Å². The Morgan fingerprint density at radius 2 is 1.82 bits per heavy atom. The van der Waals surface area contributed by atoms with Crippen LogP contribution in [0.5, 0.6) is 0 Å². The molecule has 0 aliphatic heterocycles. The lowest BCUT2D eigenvalue weighted by Gasteiger charge is -2.31. The Hall–Kier alpha value is -1.72. The van der Waals surface area contributed by atoms with E-state index in [1.165, 1.54) is 6.07 Å². The fraction of sp³-hybridized carbons (Fsp3) is 0.364. The molecule has 17 heavy (non-hydrogen) atoms. The van der Waals surface area contributed by atoms with Crippen molar-refractivity contribution < 1.29 is 18.0 Å². The maximum atomic E-state index is 12.8. The summed E-state index contributed by atoms with van der Waals surface area (Å²) in [6.45, 7) is 2.36.